The highest BCUT2D eigenvalue weighted by Gasteiger charge is 2.57. The van der Waals surface area contributed by atoms with Gasteiger partial charge in [0.15, 0.2) is 12.6 Å². The number of carboxylic acid groups (broad SMARTS) is 1. The zero-order valence-electron chi connectivity index (χ0n) is 24.5. The summed E-state index contributed by atoms with van der Waals surface area (Å²) in [6.07, 6.45) is -21.1. The van der Waals surface area contributed by atoms with Crippen LogP contribution in [0.25, 0.3) is 0 Å². The lowest BCUT2D eigenvalue weighted by atomic mass is 9.88. The van der Waals surface area contributed by atoms with Crippen LogP contribution in [-0.4, -0.2) is 192 Å². The summed E-state index contributed by atoms with van der Waals surface area (Å²) in [5.74, 6) is -3.28. The van der Waals surface area contributed by atoms with Crippen LogP contribution in [0.1, 0.15) is 13.3 Å². The van der Waals surface area contributed by atoms with Gasteiger partial charge in [-0.15, -0.1) is 6.42 Å². The van der Waals surface area contributed by atoms with Crippen LogP contribution >= 0.6 is 0 Å². The fourth-order valence-corrected chi connectivity index (χ4v) is 5.30. The lowest BCUT2D eigenvalue weighted by Crippen LogP contribution is -2.68. The summed E-state index contributed by atoms with van der Waals surface area (Å²) in [6.45, 7) is -2.03. The van der Waals surface area contributed by atoms with Crippen molar-refractivity contribution < 1.29 is 94.2 Å². The quantitative estimate of drug-likeness (QED) is 0.0809. The predicted molar refractivity (Wildman–Crippen MR) is 143 cm³/mol. The van der Waals surface area contributed by atoms with Crippen LogP contribution in [0.5, 0.6) is 0 Å². The monoisotopic (exact) mass is 671 g/mol. The molecule has 12 N–H and O–H groups in total. The Morgan fingerprint density at radius 1 is 0.978 bits per heavy atom. The van der Waals surface area contributed by atoms with E-state index in [4.69, 9.17) is 34.8 Å². The zero-order chi connectivity index (χ0) is 34.5. The summed E-state index contributed by atoms with van der Waals surface area (Å²) in [5.41, 5.74) is 0. The van der Waals surface area contributed by atoms with Crippen LogP contribution in [0.4, 0.5) is 0 Å². The van der Waals surface area contributed by atoms with E-state index in [9.17, 15) is 65.8 Å². The maximum atomic E-state index is 12.4. The molecule has 0 aromatic rings. The van der Waals surface area contributed by atoms with Gasteiger partial charge in [0.25, 0.3) is 5.79 Å². The number of aliphatic hydroxyl groups is 10. The average molecular weight is 672 g/mol. The largest absolute Gasteiger partial charge is 0.477 e. The molecule has 3 aliphatic heterocycles. The smallest absolute Gasteiger partial charge is 0.364 e. The minimum absolute atomic E-state index is 0.317. The van der Waals surface area contributed by atoms with Gasteiger partial charge in [0.1, 0.15) is 73.8 Å². The Labute approximate surface area is 261 Å². The van der Waals surface area contributed by atoms with Gasteiger partial charge in [-0.2, -0.15) is 0 Å². The second-order valence-corrected chi connectivity index (χ2v) is 11.0. The van der Waals surface area contributed by atoms with Gasteiger partial charge < -0.3 is 89.9 Å². The zero-order valence-corrected chi connectivity index (χ0v) is 24.5. The van der Waals surface area contributed by atoms with Crippen LogP contribution in [0, 0.1) is 12.3 Å². The lowest BCUT2D eigenvalue weighted by Gasteiger charge is -2.48. The molecule has 5 unspecified atom stereocenters. The van der Waals surface area contributed by atoms with Crippen molar-refractivity contribution in [2.45, 2.75) is 111 Å². The molecule has 0 aromatic heterocycles. The normalized spacial score (nSPS) is 42.9. The summed E-state index contributed by atoms with van der Waals surface area (Å²) >= 11 is 0. The Morgan fingerprint density at radius 3 is 2.17 bits per heavy atom. The number of carboxylic acids is 1. The fourth-order valence-electron chi connectivity index (χ4n) is 5.30. The van der Waals surface area contributed by atoms with Crippen molar-refractivity contribution in [1.82, 2.24) is 5.32 Å². The fraction of sp³-hybridized carbons (Fsp3) is 0.846. The third-order valence-electron chi connectivity index (χ3n) is 7.78. The molecule has 0 bridgehead atoms. The van der Waals surface area contributed by atoms with Gasteiger partial charge in [-0.1, -0.05) is 5.92 Å². The van der Waals surface area contributed by atoms with E-state index in [0.717, 1.165) is 6.92 Å². The van der Waals surface area contributed by atoms with E-state index in [1.165, 1.54) is 0 Å². The van der Waals surface area contributed by atoms with E-state index in [1.807, 2.05) is 0 Å². The highest BCUT2D eigenvalue weighted by molar-refractivity contribution is 5.76. The van der Waals surface area contributed by atoms with Crippen LogP contribution in [0.15, 0.2) is 0 Å². The van der Waals surface area contributed by atoms with Gasteiger partial charge >= 0.3 is 5.97 Å². The average Bonchev–Trinajstić information content (AvgIpc) is 3.02. The van der Waals surface area contributed by atoms with Crippen molar-refractivity contribution in [2.75, 3.05) is 26.4 Å². The van der Waals surface area contributed by atoms with Crippen molar-refractivity contribution in [1.29, 1.82) is 0 Å². The Balaban J connectivity index is 1.80. The van der Waals surface area contributed by atoms with Crippen molar-refractivity contribution >= 4 is 11.9 Å². The van der Waals surface area contributed by atoms with Gasteiger partial charge in [-0.25, -0.2) is 4.79 Å². The van der Waals surface area contributed by atoms with Crippen LogP contribution < -0.4 is 5.32 Å². The third-order valence-corrected chi connectivity index (χ3v) is 7.78. The second kappa shape index (κ2) is 16.3. The molecule has 264 valence electrons. The third kappa shape index (κ3) is 8.28. The molecule has 0 radical (unpaired) electrons. The standard InChI is InChI=1S/C26H41NO19/c1-3-4-41-23-20(38)18(36)21(12(7-29)43-23)45-24-19(37)17(35)16(34)13(44-24)8-42-26(25(39)40)5-10(31)14(27-9(2)30)22(46-26)15(33)11(32)6-28/h1,10-24,28-29,31-38H,4-8H2,2H3,(H,27,30)(H,39,40)/t10-,11-,12+,13?,14-,15-,16+,17?,18?,19+,20?,21-,22?,23-,24+,26-/m1/s1. The minimum atomic E-state index is -2.83. The van der Waals surface area contributed by atoms with Crippen LogP contribution in [0.2, 0.25) is 0 Å². The summed E-state index contributed by atoms with van der Waals surface area (Å²) in [5, 5.41) is 115. The first-order chi connectivity index (χ1) is 21.6. The number of terminal acetylenes is 1. The molecule has 20 heteroatoms. The number of amides is 1. The summed E-state index contributed by atoms with van der Waals surface area (Å²) < 4.78 is 32.5. The first-order valence-corrected chi connectivity index (χ1v) is 14.1. The van der Waals surface area contributed by atoms with E-state index in [1.54, 1.807) is 0 Å². The molecule has 46 heavy (non-hydrogen) atoms. The van der Waals surface area contributed by atoms with Gasteiger partial charge in [-0.3, -0.25) is 4.79 Å². The molecule has 0 aromatic carbocycles. The highest BCUT2D eigenvalue weighted by Crippen LogP contribution is 2.35. The molecule has 0 aliphatic carbocycles. The van der Waals surface area contributed by atoms with Crippen molar-refractivity contribution in [3.05, 3.63) is 0 Å². The topological polar surface area (TPSA) is 324 Å². The molecule has 20 nitrogen and oxygen atoms in total. The molecule has 1 amide bonds. The van der Waals surface area contributed by atoms with E-state index in [2.05, 4.69) is 11.2 Å². The number of carbonyl (C=O) groups excluding carboxylic acids is 1. The second-order valence-electron chi connectivity index (χ2n) is 11.0. The SMILES string of the molecule is C#CCO[C@@H]1O[C@@H](CO)[C@@H](O[C@@H]2OC(CO[C@]3(C(=O)O)C[C@@H](O)[C@@H](NC(C)=O)C([C@H](O)[C@H](O)CO)O3)[C@H](O)C(O)[C@@H]2O)C(O)C1O. The van der Waals surface area contributed by atoms with Gasteiger partial charge in [0, 0.05) is 13.3 Å². The predicted octanol–water partition coefficient (Wildman–Crippen LogP) is -7.57. The van der Waals surface area contributed by atoms with Crippen LogP contribution in [0.3, 0.4) is 0 Å². The van der Waals surface area contributed by atoms with Gasteiger partial charge in [0.05, 0.1) is 32.0 Å². The number of hydrogen-bond acceptors (Lipinski definition) is 18. The molecule has 3 fully saturated rings. The number of nitrogens with one attached hydrogen (secondary N) is 1. The Morgan fingerprint density at radius 2 is 1.61 bits per heavy atom. The molecule has 0 saturated carbocycles. The van der Waals surface area contributed by atoms with E-state index < -0.39 is 136 Å². The lowest BCUT2D eigenvalue weighted by molar-refractivity contribution is -0.366. The first kappa shape index (κ1) is 38.3. The van der Waals surface area contributed by atoms with Crippen molar-refractivity contribution in [2.24, 2.45) is 0 Å². The number of aliphatic carboxylic acids is 1. The van der Waals surface area contributed by atoms with E-state index >= 15 is 0 Å². The van der Waals surface area contributed by atoms with Crippen molar-refractivity contribution in [3.63, 3.8) is 0 Å². The molecule has 16 atom stereocenters. The van der Waals surface area contributed by atoms with E-state index in [0.29, 0.717) is 0 Å². The molecule has 3 heterocycles. The number of carbonyl (C=O) groups is 2. The first-order valence-electron chi connectivity index (χ1n) is 14.1. The maximum Gasteiger partial charge on any atom is 0.364 e. The molecule has 0 spiro atoms. The number of rotatable bonds is 13. The highest BCUT2D eigenvalue weighted by atomic mass is 16.8. The number of hydrogen-bond donors (Lipinski definition) is 12. The van der Waals surface area contributed by atoms with E-state index in [-0.39, 0.29) is 6.61 Å². The Hall–Kier alpha value is -2.14. The number of ether oxygens (including phenoxy) is 6. The van der Waals surface area contributed by atoms with Crippen LogP contribution in [-0.2, 0) is 38.0 Å². The molecule has 3 saturated heterocycles. The Kier molecular flexibility index (Phi) is 13.6. The number of aliphatic hydroxyl groups excluding tert-OH is 10. The molecular formula is C26H41NO19. The maximum absolute atomic E-state index is 12.4. The minimum Gasteiger partial charge on any atom is -0.477 e. The summed E-state index contributed by atoms with van der Waals surface area (Å²) in [7, 11) is 0. The molecule has 3 aliphatic rings. The van der Waals surface area contributed by atoms with Gasteiger partial charge in [-0.05, 0) is 0 Å². The summed E-state index contributed by atoms with van der Waals surface area (Å²) in [4.78, 5) is 24.1. The Bertz CT molecular complexity index is 1060. The van der Waals surface area contributed by atoms with Crippen molar-refractivity contribution in [3.8, 4) is 12.3 Å². The summed E-state index contributed by atoms with van der Waals surface area (Å²) in [6, 6.07) is -1.48. The molecular weight excluding hydrogens is 630 g/mol. The van der Waals surface area contributed by atoms with Gasteiger partial charge in [0.2, 0.25) is 5.91 Å². The molecule has 3 rings (SSSR count).